The van der Waals surface area contributed by atoms with Crippen LogP contribution in [0.25, 0.3) is 0 Å². The van der Waals surface area contributed by atoms with E-state index in [1.54, 1.807) is 0 Å². The Hall–Kier alpha value is -1.02. The van der Waals surface area contributed by atoms with Crippen molar-refractivity contribution < 1.29 is 0 Å². The normalized spacial score (nSPS) is 25.1. The van der Waals surface area contributed by atoms with Gasteiger partial charge in [-0.1, -0.05) is 13.0 Å². The summed E-state index contributed by atoms with van der Waals surface area (Å²) in [6.45, 7) is 7.79. The molecule has 2 unspecified atom stereocenters. The number of benzene rings is 1. The van der Waals surface area contributed by atoms with E-state index in [1.807, 2.05) is 0 Å². The van der Waals surface area contributed by atoms with Gasteiger partial charge in [-0.15, -0.1) is 0 Å². The van der Waals surface area contributed by atoms with Crippen molar-refractivity contribution in [2.24, 2.45) is 5.73 Å². The summed E-state index contributed by atoms with van der Waals surface area (Å²) in [4.78, 5) is 2.50. The molecule has 1 aromatic carbocycles. The standard InChI is InChI=1S/C15H24N2/c1-4-13-10-15(6-5-11(13)2)17-8-7-14(16)9-12(17)3/h5-6,10,12,14H,4,7-9,16H2,1-3H3. The van der Waals surface area contributed by atoms with Crippen LogP contribution in [-0.2, 0) is 6.42 Å². The van der Waals surface area contributed by atoms with Crippen molar-refractivity contribution in [2.45, 2.75) is 52.1 Å². The predicted octanol–water partition coefficient (Wildman–Crippen LogP) is 2.87. The second kappa shape index (κ2) is 5.09. The number of rotatable bonds is 2. The molecule has 0 aliphatic carbocycles. The van der Waals surface area contributed by atoms with Crippen molar-refractivity contribution in [3.05, 3.63) is 29.3 Å². The van der Waals surface area contributed by atoms with Gasteiger partial charge in [-0.3, -0.25) is 0 Å². The van der Waals surface area contributed by atoms with E-state index in [4.69, 9.17) is 5.73 Å². The molecule has 2 rings (SSSR count). The molecule has 94 valence electrons. The highest BCUT2D eigenvalue weighted by atomic mass is 15.2. The lowest BCUT2D eigenvalue weighted by Gasteiger charge is -2.38. The third-order valence-corrected chi connectivity index (χ3v) is 3.96. The van der Waals surface area contributed by atoms with Crippen LogP contribution >= 0.6 is 0 Å². The largest absolute Gasteiger partial charge is 0.369 e. The molecule has 2 N–H and O–H groups in total. The van der Waals surface area contributed by atoms with Gasteiger partial charge in [0, 0.05) is 24.3 Å². The highest BCUT2D eigenvalue weighted by Crippen LogP contribution is 2.26. The van der Waals surface area contributed by atoms with Crippen molar-refractivity contribution in [3.63, 3.8) is 0 Å². The molecule has 1 fully saturated rings. The molecule has 0 spiro atoms. The number of hydrogen-bond acceptors (Lipinski definition) is 2. The van der Waals surface area contributed by atoms with E-state index in [2.05, 4.69) is 43.9 Å². The Morgan fingerprint density at radius 1 is 1.41 bits per heavy atom. The molecule has 0 saturated carbocycles. The van der Waals surface area contributed by atoms with Gasteiger partial charge >= 0.3 is 0 Å². The third kappa shape index (κ3) is 2.63. The van der Waals surface area contributed by atoms with Crippen LogP contribution in [0.15, 0.2) is 18.2 Å². The zero-order chi connectivity index (χ0) is 12.4. The van der Waals surface area contributed by atoms with Crippen molar-refractivity contribution in [2.75, 3.05) is 11.4 Å². The molecule has 2 heteroatoms. The van der Waals surface area contributed by atoms with Crippen LogP contribution in [-0.4, -0.2) is 18.6 Å². The fourth-order valence-electron chi connectivity index (χ4n) is 2.81. The van der Waals surface area contributed by atoms with Crippen LogP contribution in [0.5, 0.6) is 0 Å². The lowest BCUT2D eigenvalue weighted by atomic mass is 9.97. The molecule has 1 aliphatic rings. The van der Waals surface area contributed by atoms with E-state index in [0.29, 0.717) is 12.1 Å². The molecule has 1 saturated heterocycles. The SMILES string of the molecule is CCc1cc(N2CCC(N)CC2C)ccc1C. The quantitative estimate of drug-likeness (QED) is 0.849. The van der Waals surface area contributed by atoms with E-state index in [-0.39, 0.29) is 0 Å². The lowest BCUT2D eigenvalue weighted by molar-refractivity contribution is 0.429. The molecule has 0 radical (unpaired) electrons. The fourth-order valence-corrected chi connectivity index (χ4v) is 2.81. The van der Waals surface area contributed by atoms with E-state index < -0.39 is 0 Å². The summed E-state index contributed by atoms with van der Waals surface area (Å²) in [6.07, 6.45) is 3.33. The van der Waals surface area contributed by atoms with Gasteiger partial charge in [-0.25, -0.2) is 0 Å². The summed E-state index contributed by atoms with van der Waals surface area (Å²) < 4.78 is 0. The summed E-state index contributed by atoms with van der Waals surface area (Å²) in [6, 6.07) is 7.79. The van der Waals surface area contributed by atoms with Gasteiger partial charge in [-0.05, 0) is 56.4 Å². The molecule has 1 aliphatic heterocycles. The van der Waals surface area contributed by atoms with E-state index in [9.17, 15) is 0 Å². The van der Waals surface area contributed by atoms with Crippen molar-refractivity contribution >= 4 is 5.69 Å². The zero-order valence-corrected chi connectivity index (χ0v) is 11.2. The maximum atomic E-state index is 6.02. The first-order valence-corrected chi connectivity index (χ1v) is 6.73. The Labute approximate surface area is 105 Å². The third-order valence-electron chi connectivity index (χ3n) is 3.96. The van der Waals surface area contributed by atoms with Gasteiger partial charge in [0.05, 0.1) is 0 Å². The first-order chi connectivity index (χ1) is 8.11. The molecule has 0 bridgehead atoms. The Morgan fingerprint density at radius 3 is 2.82 bits per heavy atom. The maximum Gasteiger partial charge on any atom is 0.0371 e. The van der Waals surface area contributed by atoms with Crippen molar-refractivity contribution in [1.29, 1.82) is 0 Å². The molecular formula is C15H24N2. The van der Waals surface area contributed by atoms with Crippen LogP contribution in [0.3, 0.4) is 0 Å². The molecular weight excluding hydrogens is 208 g/mol. The first kappa shape index (κ1) is 12.4. The minimum atomic E-state index is 0.386. The topological polar surface area (TPSA) is 29.3 Å². The molecule has 1 heterocycles. The highest BCUT2D eigenvalue weighted by molar-refractivity contribution is 5.52. The first-order valence-electron chi connectivity index (χ1n) is 6.73. The van der Waals surface area contributed by atoms with Gasteiger partial charge in [0.25, 0.3) is 0 Å². The van der Waals surface area contributed by atoms with Gasteiger partial charge < -0.3 is 10.6 Å². The summed E-state index contributed by atoms with van der Waals surface area (Å²) in [5.41, 5.74) is 10.2. The van der Waals surface area contributed by atoms with E-state index in [0.717, 1.165) is 25.8 Å². The monoisotopic (exact) mass is 232 g/mol. The maximum absolute atomic E-state index is 6.02. The fraction of sp³-hybridized carbons (Fsp3) is 0.600. The Kier molecular flexibility index (Phi) is 3.72. The molecule has 2 atom stereocenters. The summed E-state index contributed by atoms with van der Waals surface area (Å²) in [5, 5.41) is 0. The Balaban J connectivity index is 2.22. The van der Waals surface area contributed by atoms with Gasteiger partial charge in [0.2, 0.25) is 0 Å². The zero-order valence-electron chi connectivity index (χ0n) is 11.2. The Morgan fingerprint density at radius 2 is 2.18 bits per heavy atom. The average Bonchev–Trinajstić information content (AvgIpc) is 2.30. The summed E-state index contributed by atoms with van der Waals surface area (Å²) in [5.74, 6) is 0. The second-order valence-electron chi connectivity index (χ2n) is 5.29. The highest BCUT2D eigenvalue weighted by Gasteiger charge is 2.23. The number of hydrogen-bond donors (Lipinski definition) is 1. The number of aryl methyl sites for hydroxylation is 2. The number of anilines is 1. The number of piperidine rings is 1. The van der Waals surface area contributed by atoms with Gasteiger partial charge in [-0.2, -0.15) is 0 Å². The van der Waals surface area contributed by atoms with Crippen LogP contribution in [0.2, 0.25) is 0 Å². The average molecular weight is 232 g/mol. The molecule has 0 aromatic heterocycles. The number of nitrogens with two attached hydrogens (primary N) is 1. The van der Waals surface area contributed by atoms with Gasteiger partial charge in [0.1, 0.15) is 0 Å². The Bertz CT molecular complexity index is 387. The van der Waals surface area contributed by atoms with Crippen molar-refractivity contribution in [1.82, 2.24) is 0 Å². The van der Waals surface area contributed by atoms with Crippen LogP contribution in [0.4, 0.5) is 5.69 Å². The molecule has 0 amide bonds. The second-order valence-corrected chi connectivity index (χ2v) is 5.29. The molecule has 17 heavy (non-hydrogen) atoms. The van der Waals surface area contributed by atoms with E-state index >= 15 is 0 Å². The lowest BCUT2D eigenvalue weighted by Crippen LogP contribution is -2.45. The smallest absolute Gasteiger partial charge is 0.0371 e. The van der Waals surface area contributed by atoms with E-state index in [1.165, 1.54) is 16.8 Å². The summed E-state index contributed by atoms with van der Waals surface area (Å²) in [7, 11) is 0. The van der Waals surface area contributed by atoms with Gasteiger partial charge in [0.15, 0.2) is 0 Å². The van der Waals surface area contributed by atoms with Crippen LogP contribution in [0.1, 0.15) is 37.8 Å². The van der Waals surface area contributed by atoms with Crippen LogP contribution < -0.4 is 10.6 Å². The molecule has 2 nitrogen and oxygen atoms in total. The summed E-state index contributed by atoms with van der Waals surface area (Å²) >= 11 is 0. The number of nitrogens with zero attached hydrogens (tertiary/aromatic N) is 1. The predicted molar refractivity (Wildman–Crippen MR) is 74.6 cm³/mol. The van der Waals surface area contributed by atoms with Crippen molar-refractivity contribution in [3.8, 4) is 0 Å². The molecule has 1 aromatic rings. The van der Waals surface area contributed by atoms with Crippen LogP contribution in [0, 0.1) is 6.92 Å². The minimum absolute atomic E-state index is 0.386. The minimum Gasteiger partial charge on any atom is -0.369 e.